The number of carbonyl (C=O) groups excluding carboxylic acids is 2. The van der Waals surface area contributed by atoms with E-state index in [1.165, 1.54) is 16.4 Å². The molecule has 4 rings (SSSR count). The van der Waals surface area contributed by atoms with E-state index in [9.17, 15) is 18.0 Å². The number of aryl methyl sites for hydroxylation is 1. The maximum Gasteiger partial charge on any atom is 0.255 e. The van der Waals surface area contributed by atoms with Gasteiger partial charge in [0.05, 0.1) is 11.2 Å². The summed E-state index contributed by atoms with van der Waals surface area (Å²) in [7, 11) is -3.50. The highest BCUT2D eigenvalue weighted by Crippen LogP contribution is 2.22. The van der Waals surface area contributed by atoms with Gasteiger partial charge in [0.1, 0.15) is 0 Å². The lowest BCUT2D eigenvalue weighted by atomic mass is 10.1. The summed E-state index contributed by atoms with van der Waals surface area (Å²) in [4.78, 5) is 29.0. The van der Waals surface area contributed by atoms with Gasteiger partial charge >= 0.3 is 0 Å². The molecule has 0 aliphatic carbocycles. The number of carbonyl (C=O) groups is 2. The normalized spacial score (nSPS) is 14.2. The molecule has 0 saturated carbocycles. The second-order valence-corrected chi connectivity index (χ2v) is 9.71. The van der Waals surface area contributed by atoms with Crippen LogP contribution in [0.4, 0.5) is 11.4 Å². The van der Waals surface area contributed by atoms with Crippen molar-refractivity contribution in [3.05, 3.63) is 72.8 Å². The number of amides is 2. The highest BCUT2D eigenvalue weighted by atomic mass is 32.2. The summed E-state index contributed by atoms with van der Waals surface area (Å²) >= 11 is 0. The van der Waals surface area contributed by atoms with E-state index in [2.05, 4.69) is 15.6 Å². The zero-order valence-electron chi connectivity index (χ0n) is 18.0. The third-order valence-corrected chi connectivity index (χ3v) is 7.29. The Morgan fingerprint density at radius 1 is 0.970 bits per heavy atom. The van der Waals surface area contributed by atoms with Crippen molar-refractivity contribution in [1.29, 1.82) is 0 Å². The van der Waals surface area contributed by atoms with Crippen molar-refractivity contribution in [1.82, 2.24) is 13.9 Å². The van der Waals surface area contributed by atoms with E-state index < -0.39 is 10.0 Å². The number of benzene rings is 2. The molecule has 2 N–H and O–H groups in total. The molecule has 172 valence electrons. The minimum Gasteiger partial charge on any atom is -0.337 e. The number of rotatable bonds is 8. The van der Waals surface area contributed by atoms with Crippen LogP contribution in [-0.2, 0) is 21.4 Å². The molecule has 0 radical (unpaired) electrons. The van der Waals surface area contributed by atoms with Crippen LogP contribution in [0.15, 0.2) is 72.1 Å². The van der Waals surface area contributed by atoms with Crippen LogP contribution in [0.25, 0.3) is 0 Å². The molecule has 1 aliphatic heterocycles. The largest absolute Gasteiger partial charge is 0.337 e. The van der Waals surface area contributed by atoms with Crippen LogP contribution in [0.1, 0.15) is 29.6 Å². The number of nitrogens with one attached hydrogen (secondary N) is 2. The second-order valence-electron chi connectivity index (χ2n) is 7.77. The second kappa shape index (κ2) is 9.97. The first-order chi connectivity index (χ1) is 15.9. The van der Waals surface area contributed by atoms with E-state index in [1.807, 2.05) is 4.57 Å². The first-order valence-corrected chi connectivity index (χ1v) is 12.1. The summed E-state index contributed by atoms with van der Waals surface area (Å²) in [5, 5.41) is 5.55. The molecule has 2 amide bonds. The lowest BCUT2D eigenvalue weighted by Crippen LogP contribution is -2.27. The van der Waals surface area contributed by atoms with Gasteiger partial charge in [-0.05, 0) is 55.3 Å². The molecule has 33 heavy (non-hydrogen) atoms. The molecule has 1 aliphatic rings. The molecule has 10 heteroatoms. The Labute approximate surface area is 192 Å². The van der Waals surface area contributed by atoms with Crippen LogP contribution >= 0.6 is 0 Å². The van der Waals surface area contributed by atoms with Crippen molar-refractivity contribution in [2.24, 2.45) is 0 Å². The highest BCUT2D eigenvalue weighted by molar-refractivity contribution is 7.89. The Bertz CT molecular complexity index is 1220. The van der Waals surface area contributed by atoms with E-state index in [0.717, 1.165) is 12.8 Å². The average molecular weight is 468 g/mol. The summed E-state index contributed by atoms with van der Waals surface area (Å²) in [6, 6.07) is 12.8. The van der Waals surface area contributed by atoms with Crippen LogP contribution in [-0.4, -0.2) is 47.2 Å². The predicted octanol–water partition coefficient (Wildman–Crippen LogP) is 2.95. The number of imidazole rings is 1. The molecular formula is C23H25N5O4S. The summed E-state index contributed by atoms with van der Waals surface area (Å²) in [5.74, 6) is -0.532. The number of nitrogens with zero attached hydrogens (tertiary/aromatic N) is 3. The summed E-state index contributed by atoms with van der Waals surface area (Å²) in [6.45, 7) is 1.59. The lowest BCUT2D eigenvalue weighted by molar-refractivity contribution is -0.116. The van der Waals surface area contributed by atoms with Crippen LogP contribution < -0.4 is 10.6 Å². The predicted molar refractivity (Wildman–Crippen MR) is 124 cm³/mol. The van der Waals surface area contributed by atoms with E-state index in [-0.39, 0.29) is 23.1 Å². The third kappa shape index (κ3) is 5.65. The van der Waals surface area contributed by atoms with Gasteiger partial charge in [-0.3, -0.25) is 9.59 Å². The van der Waals surface area contributed by atoms with Gasteiger partial charge in [-0.25, -0.2) is 13.4 Å². The highest BCUT2D eigenvalue weighted by Gasteiger charge is 2.26. The van der Waals surface area contributed by atoms with Crippen LogP contribution in [0.5, 0.6) is 0 Å². The molecule has 1 saturated heterocycles. The number of aromatic nitrogens is 2. The van der Waals surface area contributed by atoms with Crippen molar-refractivity contribution in [2.75, 3.05) is 23.7 Å². The topological polar surface area (TPSA) is 113 Å². The van der Waals surface area contributed by atoms with Crippen LogP contribution in [0.2, 0.25) is 0 Å². The lowest BCUT2D eigenvalue weighted by Gasteiger charge is -2.15. The third-order valence-electron chi connectivity index (χ3n) is 5.38. The van der Waals surface area contributed by atoms with Gasteiger partial charge in [0.15, 0.2) is 0 Å². The fourth-order valence-corrected chi connectivity index (χ4v) is 5.12. The molecule has 3 aromatic rings. The molecule has 1 fully saturated rings. The first-order valence-electron chi connectivity index (χ1n) is 10.7. The average Bonchev–Trinajstić information content (AvgIpc) is 3.53. The standard InChI is InChI=1S/C23H25N5O4S/c29-22(10-14-27-15-11-24-17-27)25-20-5-3-4-18(16-20)23(30)26-19-6-8-21(9-7-19)33(31,32)28-12-1-2-13-28/h3-9,11,15-17H,1-2,10,12-14H2,(H,25,29)(H,26,30). The monoisotopic (exact) mass is 467 g/mol. The SMILES string of the molecule is O=C(CCn1ccnc1)Nc1cccc(C(=O)Nc2ccc(S(=O)(=O)N3CCCC3)cc2)c1. The smallest absolute Gasteiger partial charge is 0.255 e. The molecule has 0 spiro atoms. The van der Waals surface area contributed by atoms with Gasteiger partial charge < -0.3 is 15.2 Å². The summed E-state index contributed by atoms with van der Waals surface area (Å²) in [6.07, 6.45) is 7.10. The molecule has 2 heterocycles. The first kappa shape index (κ1) is 22.7. The van der Waals surface area contributed by atoms with Gasteiger partial charge in [-0.2, -0.15) is 4.31 Å². The summed E-state index contributed by atoms with van der Waals surface area (Å²) < 4.78 is 28.5. The van der Waals surface area contributed by atoms with E-state index in [1.54, 1.807) is 55.1 Å². The number of sulfonamides is 1. The van der Waals surface area contributed by atoms with Gasteiger partial charge in [-0.1, -0.05) is 6.07 Å². The molecule has 0 bridgehead atoms. The molecule has 1 aromatic heterocycles. The van der Waals surface area contributed by atoms with Gasteiger partial charge in [0.2, 0.25) is 15.9 Å². The number of hydrogen-bond acceptors (Lipinski definition) is 5. The minimum absolute atomic E-state index is 0.170. The number of hydrogen-bond donors (Lipinski definition) is 2. The van der Waals surface area contributed by atoms with Crippen LogP contribution in [0.3, 0.4) is 0 Å². The van der Waals surface area contributed by atoms with E-state index in [0.29, 0.717) is 36.6 Å². The van der Waals surface area contributed by atoms with Crippen molar-refractivity contribution in [3.63, 3.8) is 0 Å². The molecular weight excluding hydrogens is 442 g/mol. The van der Waals surface area contributed by atoms with Crippen molar-refractivity contribution in [3.8, 4) is 0 Å². The van der Waals surface area contributed by atoms with Crippen molar-refractivity contribution < 1.29 is 18.0 Å². The maximum absolute atomic E-state index is 12.7. The van der Waals surface area contributed by atoms with Crippen molar-refractivity contribution >= 4 is 33.2 Å². The number of anilines is 2. The molecule has 0 atom stereocenters. The van der Waals surface area contributed by atoms with Gasteiger partial charge in [-0.15, -0.1) is 0 Å². The minimum atomic E-state index is -3.50. The Morgan fingerprint density at radius 2 is 1.73 bits per heavy atom. The van der Waals surface area contributed by atoms with E-state index >= 15 is 0 Å². The van der Waals surface area contributed by atoms with Crippen LogP contribution in [0, 0.1) is 0 Å². The Kier molecular flexibility index (Phi) is 6.85. The van der Waals surface area contributed by atoms with Crippen molar-refractivity contribution in [2.45, 2.75) is 30.7 Å². The zero-order chi connectivity index (χ0) is 23.3. The fraction of sp³-hybridized carbons (Fsp3) is 0.261. The Morgan fingerprint density at radius 3 is 2.42 bits per heavy atom. The van der Waals surface area contributed by atoms with E-state index in [4.69, 9.17) is 0 Å². The Balaban J connectivity index is 1.36. The van der Waals surface area contributed by atoms with Gasteiger partial charge in [0.25, 0.3) is 5.91 Å². The molecule has 9 nitrogen and oxygen atoms in total. The Hall–Kier alpha value is -3.50. The molecule has 0 unspecified atom stereocenters. The maximum atomic E-state index is 12.7. The quantitative estimate of drug-likeness (QED) is 0.529. The summed E-state index contributed by atoms with van der Waals surface area (Å²) in [5.41, 5.74) is 1.37. The fourth-order valence-electron chi connectivity index (χ4n) is 3.60. The molecule has 2 aromatic carbocycles. The zero-order valence-corrected chi connectivity index (χ0v) is 18.8. The van der Waals surface area contributed by atoms with Gasteiger partial charge in [0, 0.05) is 55.4 Å².